The van der Waals surface area contributed by atoms with Gasteiger partial charge in [-0.3, -0.25) is 9.59 Å². The van der Waals surface area contributed by atoms with Crippen molar-refractivity contribution in [3.8, 4) is 0 Å². The molecule has 0 saturated heterocycles. The Morgan fingerprint density at radius 1 is 0.837 bits per heavy atom. The Bertz CT molecular complexity index is 1370. The van der Waals surface area contributed by atoms with E-state index in [0.29, 0.717) is 12.2 Å². The maximum Gasteiger partial charge on any atom is 0.408 e. The summed E-state index contributed by atoms with van der Waals surface area (Å²) in [5, 5.41) is 16.5. The zero-order valence-electron chi connectivity index (χ0n) is 25.4. The Morgan fingerprint density at radius 2 is 1.42 bits per heavy atom. The average Bonchev–Trinajstić information content (AvgIpc) is 3.45. The number of amides is 3. The SMILES string of the molecule is COC(=O)[C@H](Cc1ccccc1)NC(=O)[C@H](C)n1cnnc1C(Cc1ccccc1)NC(=O)[C@H](C)NC(=O)OC(C)(C)C. The fourth-order valence-corrected chi connectivity index (χ4v) is 4.31. The van der Waals surface area contributed by atoms with Crippen LogP contribution in [0.25, 0.3) is 0 Å². The molecule has 0 fully saturated rings. The number of rotatable bonds is 12. The van der Waals surface area contributed by atoms with E-state index in [1.165, 1.54) is 13.4 Å². The van der Waals surface area contributed by atoms with Crippen molar-refractivity contribution in [2.75, 3.05) is 7.11 Å². The van der Waals surface area contributed by atoms with Crippen LogP contribution in [0.5, 0.6) is 0 Å². The van der Waals surface area contributed by atoms with Gasteiger partial charge in [0, 0.05) is 6.42 Å². The van der Waals surface area contributed by atoms with Crippen molar-refractivity contribution < 1.29 is 28.7 Å². The Labute approximate surface area is 251 Å². The molecule has 0 aliphatic carbocycles. The number of ether oxygens (including phenoxy) is 2. The zero-order valence-corrected chi connectivity index (χ0v) is 25.4. The number of hydrogen-bond donors (Lipinski definition) is 3. The molecule has 1 unspecified atom stereocenters. The minimum atomic E-state index is -0.927. The third-order valence-corrected chi connectivity index (χ3v) is 6.52. The highest BCUT2D eigenvalue weighted by atomic mass is 16.6. The third kappa shape index (κ3) is 9.94. The van der Waals surface area contributed by atoms with Crippen LogP contribution in [0.3, 0.4) is 0 Å². The zero-order chi connectivity index (χ0) is 31.6. The average molecular weight is 593 g/mol. The van der Waals surface area contributed by atoms with Crippen LogP contribution in [0.1, 0.15) is 63.7 Å². The predicted molar refractivity (Wildman–Crippen MR) is 159 cm³/mol. The van der Waals surface area contributed by atoms with Crippen LogP contribution < -0.4 is 16.0 Å². The first-order chi connectivity index (χ1) is 20.4. The molecule has 0 radical (unpaired) electrons. The quantitative estimate of drug-likeness (QED) is 0.271. The maximum absolute atomic E-state index is 13.4. The highest BCUT2D eigenvalue weighted by Gasteiger charge is 2.30. The second-order valence-corrected chi connectivity index (χ2v) is 11.2. The minimum Gasteiger partial charge on any atom is -0.467 e. The number of methoxy groups -OCH3 is 1. The predicted octanol–water partition coefficient (Wildman–Crippen LogP) is 3.05. The van der Waals surface area contributed by atoms with Gasteiger partial charge < -0.3 is 30.0 Å². The van der Waals surface area contributed by atoms with Gasteiger partial charge in [-0.2, -0.15) is 0 Å². The molecule has 1 aromatic heterocycles. The molecular weight excluding hydrogens is 552 g/mol. The molecule has 0 saturated carbocycles. The van der Waals surface area contributed by atoms with Crippen LogP contribution in [-0.4, -0.2) is 63.4 Å². The molecule has 0 aliphatic heterocycles. The van der Waals surface area contributed by atoms with E-state index >= 15 is 0 Å². The molecule has 230 valence electrons. The van der Waals surface area contributed by atoms with Gasteiger partial charge in [-0.15, -0.1) is 10.2 Å². The standard InChI is InChI=1S/C31H40N6O6/c1-20(33-30(41)43-31(3,4)5)27(38)34-24(17-22-13-9-7-10-14-22)26-36-32-19-37(26)21(2)28(39)35-25(29(40)42-6)18-23-15-11-8-12-16-23/h7-16,19-21,24-25H,17-18H2,1-6H3,(H,33,41)(H,34,38)(H,35,39)/t20-,21-,24?,25-/m0/s1. The number of alkyl carbamates (subject to hydrolysis) is 1. The fraction of sp³-hybridized carbons (Fsp3) is 0.419. The van der Waals surface area contributed by atoms with Gasteiger partial charge in [0.1, 0.15) is 30.1 Å². The first-order valence-corrected chi connectivity index (χ1v) is 14.0. The van der Waals surface area contributed by atoms with E-state index < -0.39 is 53.6 Å². The number of carbonyl (C=O) groups is 4. The van der Waals surface area contributed by atoms with Gasteiger partial charge >= 0.3 is 12.1 Å². The summed E-state index contributed by atoms with van der Waals surface area (Å²) in [6, 6.07) is 15.3. The lowest BCUT2D eigenvalue weighted by atomic mass is 10.0. The number of hydrogen-bond acceptors (Lipinski definition) is 8. The molecule has 3 amide bonds. The summed E-state index contributed by atoms with van der Waals surface area (Å²) in [4.78, 5) is 51.4. The maximum atomic E-state index is 13.4. The second kappa shape index (κ2) is 14.9. The van der Waals surface area contributed by atoms with E-state index in [1.54, 1.807) is 39.2 Å². The Hall–Kier alpha value is -4.74. The Morgan fingerprint density at radius 3 is 1.98 bits per heavy atom. The van der Waals surface area contributed by atoms with Crippen molar-refractivity contribution in [3.63, 3.8) is 0 Å². The minimum absolute atomic E-state index is 0.246. The van der Waals surface area contributed by atoms with Crippen LogP contribution in [0.4, 0.5) is 4.79 Å². The molecule has 0 bridgehead atoms. The summed E-state index contributed by atoms with van der Waals surface area (Å²) < 4.78 is 11.7. The number of benzene rings is 2. The molecule has 0 spiro atoms. The lowest BCUT2D eigenvalue weighted by Crippen LogP contribution is -2.48. The first kappa shape index (κ1) is 32.8. The smallest absolute Gasteiger partial charge is 0.408 e. The van der Waals surface area contributed by atoms with Crippen molar-refractivity contribution in [2.45, 2.75) is 77.2 Å². The number of nitrogens with zero attached hydrogens (tertiary/aromatic N) is 3. The lowest BCUT2D eigenvalue weighted by Gasteiger charge is -2.25. The molecule has 3 N–H and O–H groups in total. The van der Waals surface area contributed by atoms with Gasteiger partial charge in [0.2, 0.25) is 11.8 Å². The Balaban J connectivity index is 1.81. The topological polar surface area (TPSA) is 154 Å². The van der Waals surface area contributed by atoms with Crippen molar-refractivity contribution >= 4 is 23.9 Å². The third-order valence-electron chi connectivity index (χ3n) is 6.52. The van der Waals surface area contributed by atoms with E-state index in [9.17, 15) is 19.2 Å². The van der Waals surface area contributed by atoms with Crippen molar-refractivity contribution in [1.82, 2.24) is 30.7 Å². The van der Waals surface area contributed by atoms with Crippen LogP contribution in [0.2, 0.25) is 0 Å². The normalized spacial score (nSPS) is 14.0. The summed E-state index contributed by atoms with van der Waals surface area (Å²) in [7, 11) is 1.27. The van der Waals surface area contributed by atoms with Crippen LogP contribution in [0.15, 0.2) is 67.0 Å². The monoisotopic (exact) mass is 592 g/mol. The molecular formula is C31H40N6O6. The summed E-state index contributed by atoms with van der Waals surface area (Å²) in [6.07, 6.45) is 1.25. The van der Waals surface area contributed by atoms with Gasteiger partial charge in [0.25, 0.3) is 0 Å². The number of esters is 1. The van der Waals surface area contributed by atoms with Gasteiger partial charge in [0.15, 0.2) is 5.82 Å². The Kier molecular flexibility index (Phi) is 11.4. The lowest BCUT2D eigenvalue weighted by molar-refractivity contribution is -0.145. The molecule has 3 rings (SSSR count). The fourth-order valence-electron chi connectivity index (χ4n) is 4.31. The van der Waals surface area contributed by atoms with Gasteiger partial charge in [-0.25, -0.2) is 9.59 Å². The van der Waals surface area contributed by atoms with E-state index in [4.69, 9.17) is 9.47 Å². The second-order valence-electron chi connectivity index (χ2n) is 11.2. The summed E-state index contributed by atoms with van der Waals surface area (Å²) >= 11 is 0. The van der Waals surface area contributed by atoms with E-state index in [2.05, 4.69) is 26.1 Å². The van der Waals surface area contributed by atoms with Crippen molar-refractivity contribution in [3.05, 3.63) is 83.9 Å². The summed E-state index contributed by atoms with van der Waals surface area (Å²) in [5.41, 5.74) is 1.04. The number of nitrogens with one attached hydrogen (secondary N) is 3. The molecule has 12 heteroatoms. The molecule has 2 aromatic carbocycles. The van der Waals surface area contributed by atoms with Crippen LogP contribution in [-0.2, 0) is 36.7 Å². The molecule has 3 aromatic rings. The summed E-state index contributed by atoms with van der Waals surface area (Å²) in [6.45, 7) is 8.37. The summed E-state index contributed by atoms with van der Waals surface area (Å²) in [5.74, 6) is -1.19. The first-order valence-electron chi connectivity index (χ1n) is 14.0. The number of aromatic nitrogens is 3. The highest BCUT2D eigenvalue weighted by Crippen LogP contribution is 2.21. The van der Waals surface area contributed by atoms with E-state index in [0.717, 1.165) is 11.1 Å². The van der Waals surface area contributed by atoms with Crippen LogP contribution >= 0.6 is 0 Å². The molecule has 12 nitrogen and oxygen atoms in total. The highest BCUT2D eigenvalue weighted by molar-refractivity contribution is 5.87. The van der Waals surface area contributed by atoms with Gasteiger partial charge in [0.05, 0.1) is 13.2 Å². The van der Waals surface area contributed by atoms with Crippen molar-refractivity contribution in [2.24, 2.45) is 0 Å². The molecule has 0 aliphatic rings. The van der Waals surface area contributed by atoms with Crippen LogP contribution in [0, 0.1) is 0 Å². The molecule has 1 heterocycles. The van der Waals surface area contributed by atoms with Crippen molar-refractivity contribution in [1.29, 1.82) is 0 Å². The van der Waals surface area contributed by atoms with E-state index in [-0.39, 0.29) is 6.42 Å². The molecule has 43 heavy (non-hydrogen) atoms. The molecule has 4 atom stereocenters. The van der Waals surface area contributed by atoms with Gasteiger partial charge in [-0.05, 0) is 52.2 Å². The number of carbonyl (C=O) groups excluding carboxylic acids is 4. The largest absolute Gasteiger partial charge is 0.467 e. The van der Waals surface area contributed by atoms with E-state index in [1.807, 2.05) is 60.7 Å². The van der Waals surface area contributed by atoms with Gasteiger partial charge in [-0.1, -0.05) is 60.7 Å².